The molecule has 1 aromatic rings. The fraction of sp³-hybridized carbons (Fsp3) is 0.571. The van der Waals surface area contributed by atoms with Gasteiger partial charge in [-0.25, -0.2) is 0 Å². The van der Waals surface area contributed by atoms with E-state index in [2.05, 4.69) is 60.2 Å². The topological polar surface area (TPSA) is 29.1 Å². The summed E-state index contributed by atoms with van der Waals surface area (Å²) >= 11 is 3.51. The summed E-state index contributed by atoms with van der Waals surface area (Å²) in [5.74, 6) is 1.62. The van der Waals surface area contributed by atoms with Gasteiger partial charge in [0.05, 0.1) is 0 Å². The maximum Gasteiger partial charge on any atom is 0.0376 e. The minimum Gasteiger partial charge on any atom is -0.381 e. The molecular formula is C14H22BrNOS. The Balaban J connectivity index is 2.35. The van der Waals surface area contributed by atoms with Crippen molar-refractivity contribution < 1.29 is 4.21 Å². The lowest BCUT2D eigenvalue weighted by Gasteiger charge is -2.40. The van der Waals surface area contributed by atoms with Crippen molar-refractivity contribution in [1.82, 2.24) is 0 Å². The Morgan fingerprint density at radius 3 is 2.67 bits per heavy atom. The third kappa shape index (κ3) is 2.50. The van der Waals surface area contributed by atoms with Crippen LogP contribution in [0.5, 0.6) is 0 Å². The van der Waals surface area contributed by atoms with Gasteiger partial charge in [-0.3, -0.25) is 4.21 Å². The van der Waals surface area contributed by atoms with E-state index in [-0.39, 0.29) is 5.25 Å². The highest BCUT2D eigenvalue weighted by atomic mass is 79.9. The molecule has 0 radical (unpaired) electrons. The maximum absolute atomic E-state index is 13.0. The van der Waals surface area contributed by atoms with Crippen molar-refractivity contribution in [2.75, 3.05) is 16.8 Å². The highest BCUT2D eigenvalue weighted by Crippen LogP contribution is 2.33. The molecule has 1 heterocycles. The van der Waals surface area contributed by atoms with Crippen LogP contribution < -0.4 is 5.32 Å². The molecule has 0 aliphatic carbocycles. The SMILES string of the molecule is CC[SH](=O)(CC)[C@@H]1Cc2cc(Br)ccc2NC1C. The Morgan fingerprint density at radius 1 is 1.39 bits per heavy atom. The zero-order chi connectivity index (χ0) is 13.3. The summed E-state index contributed by atoms with van der Waals surface area (Å²) in [7, 11) is -2.06. The van der Waals surface area contributed by atoms with Crippen LogP contribution in [0, 0.1) is 0 Å². The van der Waals surface area contributed by atoms with E-state index in [4.69, 9.17) is 0 Å². The van der Waals surface area contributed by atoms with E-state index in [0.29, 0.717) is 6.04 Å². The van der Waals surface area contributed by atoms with Gasteiger partial charge in [-0.1, -0.05) is 39.7 Å². The average Bonchev–Trinajstić information content (AvgIpc) is 2.37. The van der Waals surface area contributed by atoms with Crippen molar-refractivity contribution in [3.8, 4) is 0 Å². The molecule has 0 aromatic heterocycles. The molecule has 0 amide bonds. The summed E-state index contributed by atoms with van der Waals surface area (Å²) in [5, 5.41) is 3.79. The molecule has 1 N–H and O–H groups in total. The van der Waals surface area contributed by atoms with E-state index >= 15 is 0 Å². The van der Waals surface area contributed by atoms with Gasteiger partial charge >= 0.3 is 0 Å². The summed E-state index contributed by atoms with van der Waals surface area (Å²) < 4.78 is 14.1. The van der Waals surface area contributed by atoms with E-state index in [0.717, 1.165) is 22.4 Å². The molecule has 0 saturated carbocycles. The minimum atomic E-state index is -2.06. The molecule has 2 nitrogen and oxygen atoms in total. The van der Waals surface area contributed by atoms with Gasteiger partial charge in [-0.15, -0.1) is 0 Å². The lowest BCUT2D eigenvalue weighted by atomic mass is 9.99. The molecule has 0 saturated heterocycles. The van der Waals surface area contributed by atoms with Gasteiger partial charge in [0.25, 0.3) is 0 Å². The van der Waals surface area contributed by atoms with Gasteiger partial charge in [-0.05, 0) is 48.6 Å². The summed E-state index contributed by atoms with van der Waals surface area (Å²) in [6, 6.07) is 6.61. The van der Waals surface area contributed by atoms with Crippen LogP contribution in [-0.4, -0.2) is 27.0 Å². The molecule has 18 heavy (non-hydrogen) atoms. The van der Waals surface area contributed by atoms with Crippen molar-refractivity contribution in [3.63, 3.8) is 0 Å². The molecule has 1 unspecified atom stereocenters. The molecule has 2 atom stereocenters. The van der Waals surface area contributed by atoms with Crippen molar-refractivity contribution in [1.29, 1.82) is 0 Å². The number of halogens is 1. The number of fused-ring (bicyclic) bond motifs is 1. The fourth-order valence-electron chi connectivity index (χ4n) is 2.88. The van der Waals surface area contributed by atoms with Crippen LogP contribution in [0.1, 0.15) is 26.3 Å². The molecule has 1 aliphatic rings. The van der Waals surface area contributed by atoms with Crippen LogP contribution in [0.25, 0.3) is 0 Å². The normalized spacial score (nSPS) is 24.2. The largest absolute Gasteiger partial charge is 0.381 e. The van der Waals surface area contributed by atoms with Crippen LogP contribution in [0.2, 0.25) is 0 Å². The number of nitrogens with one attached hydrogen (secondary N) is 1. The van der Waals surface area contributed by atoms with Gasteiger partial charge in [0.1, 0.15) is 0 Å². The first-order valence-corrected chi connectivity index (χ1v) is 9.57. The van der Waals surface area contributed by atoms with Gasteiger partial charge in [0.2, 0.25) is 0 Å². The minimum absolute atomic E-state index is 0.272. The number of rotatable bonds is 3. The van der Waals surface area contributed by atoms with Crippen LogP contribution in [0.3, 0.4) is 0 Å². The van der Waals surface area contributed by atoms with E-state index in [1.54, 1.807) is 0 Å². The first kappa shape index (κ1) is 14.1. The Bertz CT molecular complexity index is 481. The van der Waals surface area contributed by atoms with E-state index in [1.165, 1.54) is 11.3 Å². The van der Waals surface area contributed by atoms with Gasteiger partial charge in [0, 0.05) is 21.5 Å². The summed E-state index contributed by atoms with van der Waals surface area (Å²) in [6.45, 7) is 6.29. The smallest absolute Gasteiger partial charge is 0.0376 e. The molecule has 102 valence electrons. The third-order valence-corrected chi connectivity index (χ3v) is 8.60. The predicted octanol–water partition coefficient (Wildman–Crippen LogP) is 3.23. The van der Waals surface area contributed by atoms with Crippen molar-refractivity contribution in [2.24, 2.45) is 0 Å². The van der Waals surface area contributed by atoms with E-state index in [1.807, 2.05) is 0 Å². The molecule has 1 aliphatic heterocycles. The van der Waals surface area contributed by atoms with E-state index in [9.17, 15) is 4.21 Å². The quantitative estimate of drug-likeness (QED) is 0.832. The number of benzene rings is 1. The monoisotopic (exact) mass is 331 g/mol. The standard InChI is InChI=1S/C14H22BrNOS/c1-4-18(17,5-2)14-9-11-8-12(15)6-7-13(11)16-10(14)3/h6-8,10,14,16,18H,4-5,9H2,1-3H3/t10?,14-/m1/s1. The van der Waals surface area contributed by atoms with Crippen LogP contribution >= 0.6 is 15.9 Å². The summed E-state index contributed by atoms with van der Waals surface area (Å²) in [6.07, 6.45) is 0.932. The lowest BCUT2D eigenvalue weighted by molar-refractivity contribution is 0.621. The Hall–Kier alpha value is -0.350. The van der Waals surface area contributed by atoms with E-state index < -0.39 is 9.93 Å². The molecule has 2 rings (SSSR count). The maximum atomic E-state index is 13.0. The molecule has 0 bridgehead atoms. The average molecular weight is 332 g/mol. The second kappa shape index (κ2) is 5.33. The third-order valence-electron chi connectivity index (χ3n) is 4.13. The zero-order valence-corrected chi connectivity index (χ0v) is 13.7. The first-order chi connectivity index (χ1) is 8.50. The molecule has 0 fully saturated rings. The van der Waals surface area contributed by atoms with Gasteiger partial charge < -0.3 is 5.32 Å². The second-order valence-electron chi connectivity index (χ2n) is 5.09. The Kier molecular flexibility index (Phi) is 4.17. The molecule has 1 aromatic carbocycles. The first-order valence-electron chi connectivity index (χ1n) is 6.63. The van der Waals surface area contributed by atoms with Gasteiger partial charge in [-0.2, -0.15) is 0 Å². The van der Waals surface area contributed by atoms with Crippen LogP contribution in [-0.2, 0) is 16.4 Å². The van der Waals surface area contributed by atoms with Gasteiger partial charge in [0.15, 0.2) is 0 Å². The zero-order valence-electron chi connectivity index (χ0n) is 11.2. The summed E-state index contributed by atoms with van der Waals surface area (Å²) in [4.78, 5) is 0. The number of hydrogen-bond acceptors (Lipinski definition) is 2. The van der Waals surface area contributed by atoms with Crippen LogP contribution in [0.4, 0.5) is 5.69 Å². The number of hydrogen-bond donors (Lipinski definition) is 2. The fourth-order valence-corrected chi connectivity index (χ4v) is 6.09. The molecule has 4 heteroatoms. The highest BCUT2D eigenvalue weighted by molar-refractivity contribution is 9.10. The highest BCUT2D eigenvalue weighted by Gasteiger charge is 2.33. The number of thiol groups is 1. The predicted molar refractivity (Wildman–Crippen MR) is 85.3 cm³/mol. The van der Waals surface area contributed by atoms with Crippen molar-refractivity contribution >= 4 is 31.5 Å². The summed E-state index contributed by atoms with van der Waals surface area (Å²) in [5.41, 5.74) is 2.48. The van der Waals surface area contributed by atoms with Crippen molar-refractivity contribution in [3.05, 3.63) is 28.2 Å². The van der Waals surface area contributed by atoms with Crippen molar-refractivity contribution in [2.45, 2.75) is 38.5 Å². The molecular weight excluding hydrogens is 310 g/mol. The molecule has 0 spiro atoms. The van der Waals surface area contributed by atoms with Crippen LogP contribution in [0.15, 0.2) is 22.7 Å². The second-order valence-corrected chi connectivity index (χ2v) is 9.84. The lowest BCUT2D eigenvalue weighted by Crippen LogP contribution is -2.47. The Labute approximate surface area is 119 Å². The Morgan fingerprint density at radius 2 is 2.06 bits per heavy atom. The number of anilines is 1.